The molecule has 0 aliphatic carbocycles. The van der Waals surface area contributed by atoms with Crippen molar-refractivity contribution in [3.05, 3.63) is 47.6 Å². The van der Waals surface area contributed by atoms with Gasteiger partial charge in [-0.3, -0.25) is 0 Å². The molecule has 0 saturated carbocycles. The maximum Gasteiger partial charge on any atom is 0.317 e. The summed E-state index contributed by atoms with van der Waals surface area (Å²) in [6, 6.07) is 9.59. The zero-order valence-electron chi connectivity index (χ0n) is 13.7. The molecule has 1 aliphatic rings. The molecule has 0 bridgehead atoms. The number of amides is 2. The van der Waals surface area contributed by atoms with Gasteiger partial charge in [0.15, 0.2) is 15.7 Å². The maximum atomic E-state index is 12.0. The van der Waals surface area contributed by atoms with Gasteiger partial charge in [-0.15, -0.1) is 0 Å². The summed E-state index contributed by atoms with van der Waals surface area (Å²) in [7, 11) is -2.99. The Balaban J connectivity index is 1.43. The van der Waals surface area contributed by atoms with E-state index in [0.717, 1.165) is 5.56 Å². The quantitative estimate of drug-likeness (QED) is 0.835. The molecule has 0 spiro atoms. The number of nitrogens with zero attached hydrogens (tertiary/aromatic N) is 3. The molecule has 0 unspecified atom stereocenters. The van der Waals surface area contributed by atoms with E-state index in [0.29, 0.717) is 31.1 Å². The molecule has 134 valence electrons. The van der Waals surface area contributed by atoms with Crippen LogP contribution < -0.4 is 5.32 Å². The number of sulfone groups is 1. The average Bonchev–Trinajstić information content (AvgIpc) is 3.03. The van der Waals surface area contributed by atoms with E-state index in [1.165, 1.54) is 4.90 Å². The van der Waals surface area contributed by atoms with Gasteiger partial charge in [-0.1, -0.05) is 35.5 Å². The maximum absolute atomic E-state index is 12.0. The number of benzene rings is 1. The zero-order valence-corrected chi connectivity index (χ0v) is 14.5. The second kappa shape index (κ2) is 7.64. The Morgan fingerprint density at radius 1 is 1.20 bits per heavy atom. The largest absolute Gasteiger partial charge is 0.339 e. The minimum absolute atomic E-state index is 0.0208. The Kier molecular flexibility index (Phi) is 5.32. The highest BCUT2D eigenvalue weighted by molar-refractivity contribution is 7.91. The second-order valence-electron chi connectivity index (χ2n) is 5.89. The van der Waals surface area contributed by atoms with Crippen molar-refractivity contribution < 1.29 is 17.7 Å². The van der Waals surface area contributed by atoms with Crippen molar-refractivity contribution in [3.63, 3.8) is 0 Å². The Morgan fingerprint density at radius 3 is 2.64 bits per heavy atom. The molecular formula is C16H20N4O4S. The van der Waals surface area contributed by atoms with Gasteiger partial charge < -0.3 is 14.7 Å². The number of urea groups is 1. The first-order valence-electron chi connectivity index (χ1n) is 8.10. The van der Waals surface area contributed by atoms with Gasteiger partial charge in [0.05, 0.1) is 11.5 Å². The van der Waals surface area contributed by atoms with E-state index in [4.69, 9.17) is 4.52 Å². The third-order valence-corrected chi connectivity index (χ3v) is 5.57. The molecule has 2 aromatic rings. The molecule has 0 radical (unpaired) electrons. The van der Waals surface area contributed by atoms with Crippen molar-refractivity contribution in [2.45, 2.75) is 12.8 Å². The van der Waals surface area contributed by atoms with Crippen molar-refractivity contribution in [2.75, 3.05) is 31.1 Å². The molecule has 1 fully saturated rings. The van der Waals surface area contributed by atoms with Gasteiger partial charge >= 0.3 is 6.03 Å². The standard InChI is InChI=1S/C16H20N4O4S/c21-16(20-8-10-25(22,23)11-9-20)17-7-6-15-18-14(19-24-15)12-13-4-2-1-3-5-13/h1-5H,6-12H2,(H,17,21). The van der Waals surface area contributed by atoms with Gasteiger partial charge in [0.2, 0.25) is 5.89 Å². The van der Waals surface area contributed by atoms with Gasteiger partial charge in [-0.2, -0.15) is 4.98 Å². The first-order chi connectivity index (χ1) is 12.0. The van der Waals surface area contributed by atoms with Crippen LogP contribution in [0, 0.1) is 0 Å². The lowest BCUT2D eigenvalue weighted by molar-refractivity contribution is 0.202. The Labute approximate surface area is 146 Å². The number of rotatable bonds is 5. The highest BCUT2D eigenvalue weighted by atomic mass is 32.2. The third kappa shape index (κ3) is 5.02. The lowest BCUT2D eigenvalue weighted by Gasteiger charge is -2.26. The summed E-state index contributed by atoms with van der Waals surface area (Å²) in [5.74, 6) is 1.11. The summed E-state index contributed by atoms with van der Waals surface area (Å²) < 4.78 is 27.9. The summed E-state index contributed by atoms with van der Waals surface area (Å²) in [4.78, 5) is 17.8. The highest BCUT2D eigenvalue weighted by Crippen LogP contribution is 2.07. The predicted molar refractivity (Wildman–Crippen MR) is 90.9 cm³/mol. The van der Waals surface area contributed by atoms with Crippen molar-refractivity contribution in [1.82, 2.24) is 20.4 Å². The molecule has 25 heavy (non-hydrogen) atoms. The number of hydrogen-bond donors (Lipinski definition) is 1. The zero-order chi connectivity index (χ0) is 17.7. The van der Waals surface area contributed by atoms with E-state index in [1.807, 2.05) is 30.3 Å². The molecule has 3 rings (SSSR count). The minimum Gasteiger partial charge on any atom is -0.339 e. The van der Waals surface area contributed by atoms with Crippen LogP contribution in [-0.4, -0.2) is 60.6 Å². The summed E-state index contributed by atoms with van der Waals surface area (Å²) in [5, 5.41) is 6.69. The van der Waals surface area contributed by atoms with Gasteiger partial charge in [-0.05, 0) is 5.56 Å². The first-order valence-corrected chi connectivity index (χ1v) is 9.92. The van der Waals surface area contributed by atoms with Crippen LogP contribution in [-0.2, 0) is 22.7 Å². The average molecular weight is 364 g/mol. The number of carbonyl (C=O) groups is 1. The van der Waals surface area contributed by atoms with Gasteiger partial charge in [0.1, 0.15) is 0 Å². The lowest BCUT2D eigenvalue weighted by Crippen LogP contribution is -2.48. The topological polar surface area (TPSA) is 105 Å². The number of hydrogen-bond acceptors (Lipinski definition) is 6. The van der Waals surface area contributed by atoms with Gasteiger partial charge in [0.25, 0.3) is 0 Å². The molecule has 1 aliphatic heterocycles. The van der Waals surface area contributed by atoms with E-state index in [-0.39, 0.29) is 30.6 Å². The summed E-state index contributed by atoms with van der Waals surface area (Å²) in [6.07, 6.45) is 1.03. The van der Waals surface area contributed by atoms with Crippen LogP contribution in [0.5, 0.6) is 0 Å². The highest BCUT2D eigenvalue weighted by Gasteiger charge is 2.24. The fourth-order valence-electron chi connectivity index (χ4n) is 2.55. The van der Waals surface area contributed by atoms with Crippen LogP contribution in [0.1, 0.15) is 17.3 Å². The van der Waals surface area contributed by atoms with Crippen molar-refractivity contribution in [1.29, 1.82) is 0 Å². The van der Waals surface area contributed by atoms with E-state index >= 15 is 0 Å². The number of carbonyl (C=O) groups excluding carboxylic acids is 1. The molecule has 9 heteroatoms. The van der Waals surface area contributed by atoms with E-state index in [1.54, 1.807) is 0 Å². The number of nitrogens with one attached hydrogen (secondary N) is 1. The normalized spacial score (nSPS) is 16.6. The van der Waals surface area contributed by atoms with Crippen LogP contribution in [0.3, 0.4) is 0 Å². The van der Waals surface area contributed by atoms with E-state index < -0.39 is 9.84 Å². The van der Waals surface area contributed by atoms with Crippen molar-refractivity contribution in [3.8, 4) is 0 Å². The fourth-order valence-corrected chi connectivity index (χ4v) is 3.75. The Morgan fingerprint density at radius 2 is 1.92 bits per heavy atom. The van der Waals surface area contributed by atoms with E-state index in [9.17, 15) is 13.2 Å². The molecule has 1 aromatic carbocycles. The van der Waals surface area contributed by atoms with Gasteiger partial charge in [-0.25, -0.2) is 13.2 Å². The Hall–Kier alpha value is -2.42. The molecule has 1 saturated heterocycles. The molecule has 2 amide bonds. The Bertz CT molecular complexity index is 806. The molecule has 8 nitrogen and oxygen atoms in total. The molecule has 1 aromatic heterocycles. The molecular weight excluding hydrogens is 344 g/mol. The molecule has 0 atom stereocenters. The SMILES string of the molecule is O=C(NCCc1nc(Cc2ccccc2)no1)N1CCS(=O)(=O)CC1. The van der Waals surface area contributed by atoms with Crippen molar-refractivity contribution in [2.24, 2.45) is 0 Å². The third-order valence-electron chi connectivity index (χ3n) is 3.96. The fraction of sp³-hybridized carbons (Fsp3) is 0.438. The van der Waals surface area contributed by atoms with E-state index in [2.05, 4.69) is 15.5 Å². The van der Waals surface area contributed by atoms with Crippen LogP contribution in [0.25, 0.3) is 0 Å². The van der Waals surface area contributed by atoms with Crippen molar-refractivity contribution >= 4 is 15.9 Å². The predicted octanol–water partition coefficient (Wildman–Crippen LogP) is 0.643. The lowest BCUT2D eigenvalue weighted by atomic mass is 10.1. The first kappa shape index (κ1) is 17.4. The van der Waals surface area contributed by atoms with Crippen LogP contribution in [0.15, 0.2) is 34.9 Å². The van der Waals surface area contributed by atoms with Crippen LogP contribution >= 0.6 is 0 Å². The summed E-state index contributed by atoms with van der Waals surface area (Å²) in [6.45, 7) is 0.820. The molecule has 1 N–H and O–H groups in total. The minimum atomic E-state index is -2.99. The van der Waals surface area contributed by atoms with Crippen LogP contribution in [0.4, 0.5) is 4.79 Å². The molecule has 2 heterocycles. The summed E-state index contributed by atoms with van der Waals surface area (Å²) in [5.41, 5.74) is 1.10. The second-order valence-corrected chi connectivity index (χ2v) is 8.19. The summed E-state index contributed by atoms with van der Waals surface area (Å²) >= 11 is 0. The number of aromatic nitrogens is 2. The van der Waals surface area contributed by atoms with Crippen LogP contribution in [0.2, 0.25) is 0 Å². The smallest absolute Gasteiger partial charge is 0.317 e. The monoisotopic (exact) mass is 364 g/mol. The van der Waals surface area contributed by atoms with Gasteiger partial charge in [0, 0.05) is 32.5 Å².